The number of nitrogens with zero attached hydrogens (tertiary/aromatic N) is 2. The van der Waals surface area contributed by atoms with Crippen LogP contribution in [-0.4, -0.2) is 28.1 Å². The molecular weight excluding hydrogens is 403 g/mol. The van der Waals surface area contributed by atoms with Gasteiger partial charge in [0.1, 0.15) is 11.7 Å². The van der Waals surface area contributed by atoms with Crippen molar-refractivity contribution in [2.45, 2.75) is 12.1 Å². The number of rotatable bonds is 3. The highest BCUT2D eigenvalue weighted by molar-refractivity contribution is 6.23. The van der Waals surface area contributed by atoms with Gasteiger partial charge >= 0.3 is 0 Å². The molecule has 3 aromatic carbocycles. The number of hydroxylamine groups is 1. The van der Waals surface area contributed by atoms with Crippen molar-refractivity contribution in [3.05, 3.63) is 84.2 Å². The van der Waals surface area contributed by atoms with Crippen LogP contribution < -0.4 is 9.96 Å². The van der Waals surface area contributed by atoms with Crippen LogP contribution in [0.4, 0.5) is 15.8 Å². The number of halogens is 1. The van der Waals surface area contributed by atoms with Crippen molar-refractivity contribution in [3.8, 4) is 11.5 Å². The van der Waals surface area contributed by atoms with Gasteiger partial charge in [-0.15, -0.1) is 0 Å². The Morgan fingerprint density at radius 2 is 1.52 bits per heavy atom. The van der Waals surface area contributed by atoms with E-state index in [0.29, 0.717) is 11.3 Å². The number of anilines is 2. The predicted octanol–water partition coefficient (Wildman–Crippen LogP) is 3.29. The van der Waals surface area contributed by atoms with Crippen molar-refractivity contribution in [1.29, 1.82) is 0 Å². The Kier molecular flexibility index (Phi) is 4.37. The predicted molar refractivity (Wildman–Crippen MR) is 109 cm³/mol. The molecule has 2 aliphatic heterocycles. The normalized spacial score (nSPS) is 22.8. The molecule has 0 radical (unpaired) electrons. The van der Waals surface area contributed by atoms with Crippen LogP contribution in [-0.2, 0) is 14.4 Å². The highest BCUT2D eigenvalue weighted by Crippen LogP contribution is 2.48. The molecule has 3 atom stereocenters. The number of hydrogen-bond donors (Lipinski definition) is 2. The number of phenolic OH excluding ortho intramolecular Hbond substituents is 2. The smallest absolute Gasteiger partial charge is 0.266 e. The minimum absolute atomic E-state index is 0.257. The topological polar surface area (TPSA) is 90.3 Å². The molecule has 2 saturated heterocycles. The molecule has 2 heterocycles. The van der Waals surface area contributed by atoms with Gasteiger partial charge in [-0.05, 0) is 54.1 Å². The minimum Gasteiger partial charge on any atom is -0.504 e. The van der Waals surface area contributed by atoms with Crippen LogP contribution >= 0.6 is 0 Å². The number of fused-ring (bicyclic) bond motifs is 1. The van der Waals surface area contributed by atoms with Gasteiger partial charge in [0.2, 0.25) is 5.91 Å². The number of carbonyl (C=O) groups is 2. The van der Waals surface area contributed by atoms with Gasteiger partial charge in [0.25, 0.3) is 5.91 Å². The van der Waals surface area contributed by atoms with Gasteiger partial charge in [-0.25, -0.2) is 14.4 Å². The van der Waals surface area contributed by atoms with E-state index in [1.165, 1.54) is 41.5 Å². The van der Waals surface area contributed by atoms with Crippen molar-refractivity contribution >= 4 is 23.2 Å². The number of aromatic hydroxyl groups is 2. The maximum Gasteiger partial charge on any atom is 0.266 e. The van der Waals surface area contributed by atoms with Crippen LogP contribution in [0.25, 0.3) is 0 Å². The lowest BCUT2D eigenvalue weighted by atomic mass is 9.90. The molecule has 3 aromatic rings. The Labute approximate surface area is 176 Å². The number of para-hydroxylation sites is 1. The van der Waals surface area contributed by atoms with Gasteiger partial charge in [-0.3, -0.25) is 14.4 Å². The molecule has 2 fully saturated rings. The molecule has 2 amide bonds. The maximum absolute atomic E-state index is 13.4. The summed E-state index contributed by atoms with van der Waals surface area (Å²) >= 11 is 0. The van der Waals surface area contributed by atoms with Crippen LogP contribution in [0.15, 0.2) is 72.8 Å². The SMILES string of the molecule is O=C1[C@@H]2[C@H](ON(c3ccccc3)[C@H]2c2ccc(O)c(O)c2)C(=O)N1c1ccc(F)cc1. The minimum atomic E-state index is -1.08. The average molecular weight is 420 g/mol. The van der Waals surface area contributed by atoms with E-state index in [4.69, 9.17) is 4.84 Å². The second-order valence-corrected chi connectivity index (χ2v) is 7.39. The van der Waals surface area contributed by atoms with Crippen molar-refractivity contribution in [1.82, 2.24) is 0 Å². The molecule has 0 unspecified atom stereocenters. The van der Waals surface area contributed by atoms with Gasteiger partial charge in [-0.1, -0.05) is 24.3 Å². The van der Waals surface area contributed by atoms with Crippen molar-refractivity contribution in [2.24, 2.45) is 5.92 Å². The van der Waals surface area contributed by atoms with Gasteiger partial charge < -0.3 is 10.2 Å². The summed E-state index contributed by atoms with van der Waals surface area (Å²) in [4.78, 5) is 33.5. The van der Waals surface area contributed by atoms with Gasteiger partial charge in [0.15, 0.2) is 17.6 Å². The molecule has 7 nitrogen and oxygen atoms in total. The van der Waals surface area contributed by atoms with Crippen LogP contribution in [0.1, 0.15) is 11.6 Å². The molecule has 31 heavy (non-hydrogen) atoms. The van der Waals surface area contributed by atoms with Crippen LogP contribution in [0.3, 0.4) is 0 Å². The molecule has 156 valence electrons. The van der Waals surface area contributed by atoms with Gasteiger partial charge in [0.05, 0.1) is 17.4 Å². The lowest BCUT2D eigenvalue weighted by Crippen LogP contribution is -2.37. The lowest BCUT2D eigenvalue weighted by Gasteiger charge is -2.28. The van der Waals surface area contributed by atoms with E-state index < -0.39 is 35.7 Å². The third kappa shape index (κ3) is 3.00. The summed E-state index contributed by atoms with van der Waals surface area (Å²) in [7, 11) is 0. The number of benzene rings is 3. The number of imide groups is 1. The molecule has 0 spiro atoms. The van der Waals surface area contributed by atoms with Crippen molar-refractivity contribution in [2.75, 3.05) is 9.96 Å². The largest absolute Gasteiger partial charge is 0.504 e. The van der Waals surface area contributed by atoms with E-state index in [1.54, 1.807) is 30.3 Å². The molecule has 0 bridgehead atoms. The van der Waals surface area contributed by atoms with Gasteiger partial charge in [0, 0.05) is 0 Å². The summed E-state index contributed by atoms with van der Waals surface area (Å²) in [6.07, 6.45) is -1.08. The maximum atomic E-state index is 13.4. The molecule has 0 aromatic heterocycles. The second kappa shape index (κ2) is 7.10. The summed E-state index contributed by atoms with van der Waals surface area (Å²) in [6.45, 7) is 0. The monoisotopic (exact) mass is 420 g/mol. The number of amides is 2. The Hall–Kier alpha value is -3.91. The lowest BCUT2D eigenvalue weighted by molar-refractivity contribution is -0.126. The van der Waals surface area contributed by atoms with E-state index in [9.17, 15) is 24.2 Å². The summed E-state index contributed by atoms with van der Waals surface area (Å²) < 4.78 is 13.3. The zero-order chi connectivity index (χ0) is 21.7. The molecule has 0 aliphatic carbocycles. The Morgan fingerprint density at radius 3 is 2.19 bits per heavy atom. The number of carbonyl (C=O) groups excluding carboxylic acids is 2. The van der Waals surface area contributed by atoms with E-state index in [2.05, 4.69) is 0 Å². The summed E-state index contributed by atoms with van der Waals surface area (Å²) in [5, 5.41) is 21.2. The fraction of sp³-hybridized carbons (Fsp3) is 0.130. The first kappa shape index (κ1) is 19.1. The fourth-order valence-corrected chi connectivity index (χ4v) is 4.12. The third-order valence-electron chi connectivity index (χ3n) is 5.55. The fourth-order valence-electron chi connectivity index (χ4n) is 4.12. The van der Waals surface area contributed by atoms with E-state index >= 15 is 0 Å². The standard InChI is InChI=1S/C23H17FN2O5/c24-14-7-9-15(10-8-14)25-22(29)19-20(13-6-11-17(27)18(28)12-13)26(31-21(19)23(25)30)16-4-2-1-3-5-16/h1-12,19-21,27-28H/t19-,20-,21-/m0/s1. The number of phenols is 2. The van der Waals surface area contributed by atoms with E-state index in [1.807, 2.05) is 6.07 Å². The zero-order valence-electron chi connectivity index (χ0n) is 16.1. The van der Waals surface area contributed by atoms with Crippen LogP contribution in [0, 0.1) is 11.7 Å². The first-order chi connectivity index (χ1) is 15.0. The van der Waals surface area contributed by atoms with Gasteiger partial charge in [-0.2, -0.15) is 0 Å². The molecule has 0 saturated carbocycles. The summed E-state index contributed by atoms with van der Waals surface area (Å²) in [6, 6.07) is 17.6. The van der Waals surface area contributed by atoms with Crippen LogP contribution in [0.5, 0.6) is 11.5 Å². The Bertz CT molecular complexity index is 1170. The second-order valence-electron chi connectivity index (χ2n) is 7.39. The zero-order valence-corrected chi connectivity index (χ0v) is 16.1. The first-order valence-corrected chi connectivity index (χ1v) is 9.62. The third-order valence-corrected chi connectivity index (χ3v) is 5.55. The average Bonchev–Trinajstić information content (AvgIpc) is 3.28. The van der Waals surface area contributed by atoms with E-state index in [0.717, 1.165) is 4.90 Å². The highest BCUT2D eigenvalue weighted by atomic mass is 19.1. The quantitative estimate of drug-likeness (QED) is 0.499. The molecular formula is C23H17FN2O5. The number of hydrogen-bond acceptors (Lipinski definition) is 6. The molecule has 8 heteroatoms. The van der Waals surface area contributed by atoms with E-state index in [-0.39, 0.29) is 17.2 Å². The first-order valence-electron chi connectivity index (χ1n) is 9.62. The highest BCUT2D eigenvalue weighted by Gasteiger charge is 2.60. The summed E-state index contributed by atoms with van der Waals surface area (Å²) in [5.41, 5.74) is 1.38. The Morgan fingerprint density at radius 1 is 0.806 bits per heavy atom. The Balaban J connectivity index is 1.60. The molecule has 2 aliphatic rings. The molecule has 5 rings (SSSR count). The van der Waals surface area contributed by atoms with Crippen LogP contribution in [0.2, 0.25) is 0 Å². The summed E-state index contributed by atoms with van der Waals surface area (Å²) in [5.74, 6) is -3.06. The molecule has 2 N–H and O–H groups in total. The van der Waals surface area contributed by atoms with Crippen molar-refractivity contribution in [3.63, 3.8) is 0 Å². The van der Waals surface area contributed by atoms with Crippen molar-refractivity contribution < 1.29 is 29.0 Å².